The number of nitrogens with one attached hydrogen (secondary N) is 2. The van der Waals surface area contributed by atoms with Crippen molar-refractivity contribution in [2.24, 2.45) is 0 Å². The topological polar surface area (TPSA) is 59.6 Å². The van der Waals surface area contributed by atoms with E-state index in [-0.39, 0.29) is 18.4 Å². The summed E-state index contributed by atoms with van der Waals surface area (Å²) in [6.45, 7) is 1.31. The number of halogens is 2. The Bertz CT molecular complexity index is 1060. The highest BCUT2D eigenvalue weighted by Gasteiger charge is 2.16. The van der Waals surface area contributed by atoms with Crippen LogP contribution in [-0.2, 0) is 16.0 Å². The van der Waals surface area contributed by atoms with Gasteiger partial charge in [0.05, 0.1) is 28.3 Å². The average Bonchev–Trinajstić information content (AvgIpc) is 3.30. The van der Waals surface area contributed by atoms with Crippen LogP contribution in [0.15, 0.2) is 66.7 Å². The maximum atomic E-state index is 12.7. The van der Waals surface area contributed by atoms with E-state index in [2.05, 4.69) is 10.6 Å². The second-order valence-electron chi connectivity index (χ2n) is 7.58. The first-order chi connectivity index (χ1) is 15.6. The van der Waals surface area contributed by atoms with Gasteiger partial charge in [-0.15, -0.1) is 0 Å². The smallest absolute Gasteiger partial charge is 0.228 e. The van der Waals surface area contributed by atoms with Crippen molar-refractivity contribution in [2.45, 2.75) is 25.4 Å². The quantitative estimate of drug-likeness (QED) is 0.395. The molecule has 1 atom stereocenters. The standard InChI is InChI=1S/C25H24Cl2N2O3/c26-21-10-4-11-22(27)25(21)29-23-12-2-1-6-17(23)14-24(30)28-18-7-3-8-19(15-18)32-16-20-9-5-13-31-20/h1-4,6-8,10-12,15,20,29H,5,9,13-14,16H2,(H,28,30). The van der Waals surface area contributed by atoms with E-state index in [1.54, 1.807) is 18.2 Å². The number of ether oxygens (including phenoxy) is 2. The lowest BCUT2D eigenvalue weighted by Crippen LogP contribution is -2.17. The van der Waals surface area contributed by atoms with Crippen molar-refractivity contribution in [2.75, 3.05) is 23.8 Å². The lowest BCUT2D eigenvalue weighted by atomic mass is 10.1. The van der Waals surface area contributed by atoms with E-state index < -0.39 is 0 Å². The van der Waals surface area contributed by atoms with Crippen molar-refractivity contribution in [3.63, 3.8) is 0 Å². The lowest BCUT2D eigenvalue weighted by Gasteiger charge is -2.15. The third-order valence-electron chi connectivity index (χ3n) is 5.17. The Morgan fingerprint density at radius 3 is 2.59 bits per heavy atom. The maximum Gasteiger partial charge on any atom is 0.228 e. The van der Waals surface area contributed by atoms with Crippen LogP contribution < -0.4 is 15.4 Å². The Hall–Kier alpha value is -2.73. The van der Waals surface area contributed by atoms with Crippen molar-refractivity contribution in [3.05, 3.63) is 82.3 Å². The van der Waals surface area contributed by atoms with E-state index >= 15 is 0 Å². The number of hydrogen-bond donors (Lipinski definition) is 2. The van der Waals surface area contributed by atoms with E-state index in [9.17, 15) is 4.79 Å². The molecule has 1 unspecified atom stereocenters. The summed E-state index contributed by atoms with van der Waals surface area (Å²) in [5, 5.41) is 7.22. The van der Waals surface area contributed by atoms with Crippen LogP contribution in [0.25, 0.3) is 0 Å². The van der Waals surface area contributed by atoms with Gasteiger partial charge in [-0.1, -0.05) is 53.5 Å². The predicted octanol–water partition coefficient (Wildman–Crippen LogP) is 6.48. The van der Waals surface area contributed by atoms with Crippen LogP contribution in [0.1, 0.15) is 18.4 Å². The lowest BCUT2D eigenvalue weighted by molar-refractivity contribution is -0.115. The van der Waals surface area contributed by atoms with Crippen LogP contribution in [0.5, 0.6) is 5.75 Å². The average molecular weight is 471 g/mol. The molecule has 4 rings (SSSR count). The van der Waals surface area contributed by atoms with Gasteiger partial charge in [0.25, 0.3) is 0 Å². The number of rotatable bonds is 8. The first-order valence-corrected chi connectivity index (χ1v) is 11.3. The Morgan fingerprint density at radius 2 is 1.81 bits per heavy atom. The second kappa shape index (κ2) is 10.7. The fourth-order valence-electron chi connectivity index (χ4n) is 3.56. The molecule has 1 heterocycles. The molecule has 3 aromatic carbocycles. The third-order valence-corrected chi connectivity index (χ3v) is 5.80. The summed E-state index contributed by atoms with van der Waals surface area (Å²) in [4.78, 5) is 12.7. The molecule has 0 saturated carbocycles. The number of amides is 1. The summed E-state index contributed by atoms with van der Waals surface area (Å²) < 4.78 is 11.4. The molecule has 3 aromatic rings. The number of anilines is 3. The summed E-state index contributed by atoms with van der Waals surface area (Å²) in [5.41, 5.74) is 2.89. The summed E-state index contributed by atoms with van der Waals surface area (Å²) in [7, 11) is 0. The van der Waals surface area contributed by atoms with Crippen molar-refractivity contribution in [1.29, 1.82) is 0 Å². The Labute approximate surface area is 197 Å². The Morgan fingerprint density at radius 1 is 1.03 bits per heavy atom. The van der Waals surface area contributed by atoms with Gasteiger partial charge in [-0.3, -0.25) is 4.79 Å². The Kier molecular flexibility index (Phi) is 7.53. The first kappa shape index (κ1) is 22.5. The van der Waals surface area contributed by atoms with Crippen LogP contribution in [0.3, 0.4) is 0 Å². The van der Waals surface area contributed by atoms with Gasteiger partial charge in [-0.2, -0.15) is 0 Å². The van der Waals surface area contributed by atoms with Gasteiger partial charge in [0.2, 0.25) is 5.91 Å². The van der Waals surface area contributed by atoms with Gasteiger partial charge < -0.3 is 20.1 Å². The molecule has 0 aliphatic carbocycles. The molecule has 1 amide bonds. The van der Waals surface area contributed by atoms with E-state index in [0.29, 0.717) is 33.8 Å². The van der Waals surface area contributed by atoms with Crippen LogP contribution in [0.2, 0.25) is 10.0 Å². The summed E-state index contributed by atoms with van der Waals surface area (Å²) >= 11 is 12.6. The number of para-hydroxylation sites is 2. The molecule has 0 aromatic heterocycles. The van der Waals surface area contributed by atoms with E-state index in [1.165, 1.54) is 0 Å². The largest absolute Gasteiger partial charge is 0.491 e. The Balaban J connectivity index is 1.40. The van der Waals surface area contributed by atoms with E-state index in [0.717, 1.165) is 30.7 Å². The minimum Gasteiger partial charge on any atom is -0.491 e. The minimum atomic E-state index is -0.138. The first-order valence-electron chi connectivity index (χ1n) is 10.5. The van der Waals surface area contributed by atoms with Crippen molar-refractivity contribution >= 4 is 46.2 Å². The van der Waals surface area contributed by atoms with E-state index in [1.807, 2.05) is 48.5 Å². The maximum absolute atomic E-state index is 12.7. The third kappa shape index (κ3) is 5.94. The van der Waals surface area contributed by atoms with Crippen LogP contribution in [0.4, 0.5) is 17.1 Å². The molecule has 0 bridgehead atoms. The number of hydrogen-bond acceptors (Lipinski definition) is 4. The van der Waals surface area contributed by atoms with Gasteiger partial charge >= 0.3 is 0 Å². The minimum absolute atomic E-state index is 0.138. The molecule has 0 spiro atoms. The highest BCUT2D eigenvalue weighted by molar-refractivity contribution is 6.39. The molecule has 1 fully saturated rings. The van der Waals surface area contributed by atoms with Gasteiger partial charge in [0, 0.05) is 24.0 Å². The van der Waals surface area contributed by atoms with Crippen LogP contribution in [0, 0.1) is 0 Å². The number of carbonyl (C=O) groups excluding carboxylic acids is 1. The molecule has 2 N–H and O–H groups in total. The van der Waals surface area contributed by atoms with Gasteiger partial charge in [0.1, 0.15) is 12.4 Å². The molecule has 1 aliphatic heterocycles. The molecule has 166 valence electrons. The highest BCUT2D eigenvalue weighted by Crippen LogP contribution is 2.33. The van der Waals surface area contributed by atoms with E-state index in [4.69, 9.17) is 32.7 Å². The summed E-state index contributed by atoms with van der Waals surface area (Å²) in [5.74, 6) is 0.564. The van der Waals surface area contributed by atoms with Gasteiger partial charge in [-0.25, -0.2) is 0 Å². The molecule has 1 saturated heterocycles. The normalized spacial score (nSPS) is 15.4. The predicted molar refractivity (Wildman–Crippen MR) is 129 cm³/mol. The number of benzene rings is 3. The number of carbonyl (C=O) groups is 1. The van der Waals surface area contributed by atoms with Crippen molar-refractivity contribution in [1.82, 2.24) is 0 Å². The molecule has 7 heteroatoms. The summed E-state index contributed by atoms with van der Waals surface area (Å²) in [6, 6.07) is 20.3. The van der Waals surface area contributed by atoms with Gasteiger partial charge in [0.15, 0.2) is 0 Å². The van der Waals surface area contributed by atoms with Gasteiger partial charge in [-0.05, 0) is 48.7 Å². The zero-order valence-electron chi connectivity index (χ0n) is 17.4. The summed E-state index contributed by atoms with van der Waals surface area (Å²) in [6.07, 6.45) is 2.42. The van der Waals surface area contributed by atoms with Crippen LogP contribution >= 0.6 is 23.2 Å². The fraction of sp³-hybridized carbons (Fsp3) is 0.240. The van der Waals surface area contributed by atoms with Crippen LogP contribution in [-0.4, -0.2) is 25.2 Å². The molecule has 32 heavy (non-hydrogen) atoms. The van der Waals surface area contributed by atoms with Crippen molar-refractivity contribution in [3.8, 4) is 5.75 Å². The molecule has 1 aliphatic rings. The monoisotopic (exact) mass is 470 g/mol. The molecule has 0 radical (unpaired) electrons. The zero-order valence-corrected chi connectivity index (χ0v) is 19.0. The zero-order chi connectivity index (χ0) is 22.3. The molecular formula is C25H24Cl2N2O3. The highest BCUT2D eigenvalue weighted by atomic mass is 35.5. The second-order valence-corrected chi connectivity index (χ2v) is 8.39. The van der Waals surface area contributed by atoms with Crippen molar-refractivity contribution < 1.29 is 14.3 Å². The fourth-order valence-corrected chi connectivity index (χ4v) is 4.05. The molecular weight excluding hydrogens is 447 g/mol. The molecule has 5 nitrogen and oxygen atoms in total. The SMILES string of the molecule is O=C(Cc1ccccc1Nc1c(Cl)cccc1Cl)Nc1cccc(OCC2CCCO2)c1.